The van der Waals surface area contributed by atoms with Crippen molar-refractivity contribution in [1.82, 2.24) is 0 Å². The van der Waals surface area contributed by atoms with Crippen LogP contribution in [0.15, 0.2) is 5.57 Å². The van der Waals surface area contributed by atoms with E-state index >= 15 is 0 Å². The molecule has 5 nitrogen and oxygen atoms in total. The summed E-state index contributed by atoms with van der Waals surface area (Å²) in [5.41, 5.74) is -0.402. The van der Waals surface area contributed by atoms with Crippen LogP contribution in [0, 0.1) is 6.58 Å². The van der Waals surface area contributed by atoms with Gasteiger partial charge in [0.15, 0.2) is 0 Å². The zero-order chi connectivity index (χ0) is 23.5. The van der Waals surface area contributed by atoms with Crippen LogP contribution in [0.25, 0.3) is 0 Å². The summed E-state index contributed by atoms with van der Waals surface area (Å²) in [5.74, 6) is -16.3. The van der Waals surface area contributed by atoms with E-state index in [1.807, 2.05) is 0 Å². The molecule has 0 aliphatic heterocycles. The maximum absolute atomic E-state index is 14.1. The lowest BCUT2D eigenvalue weighted by atomic mass is 10.1. The first-order chi connectivity index (χ1) is 12.8. The van der Waals surface area contributed by atoms with Gasteiger partial charge in [-0.2, -0.15) is 43.9 Å². The molecule has 0 amide bonds. The number of carbonyl (C=O) groups excluding carboxylic acids is 2. The third-order valence-electron chi connectivity index (χ3n) is 3.12. The van der Waals surface area contributed by atoms with Crippen LogP contribution in [0.5, 0.6) is 0 Å². The smallest absolute Gasteiger partial charge is 0.372 e. The maximum atomic E-state index is 14.1. The molecule has 0 heterocycles. The number of methoxy groups -OCH3 is 1. The Hall–Kier alpha value is -1.99. The summed E-state index contributed by atoms with van der Waals surface area (Å²) < 4.78 is 140. The van der Waals surface area contributed by atoms with Crippen LogP contribution >= 0.6 is 0 Å². The first-order valence-corrected chi connectivity index (χ1v) is 7.20. The van der Waals surface area contributed by atoms with Crippen LogP contribution in [0.3, 0.4) is 0 Å². The van der Waals surface area contributed by atoms with Gasteiger partial charge in [-0.1, -0.05) is 0 Å². The van der Waals surface area contributed by atoms with Gasteiger partial charge in [0.25, 0.3) is 0 Å². The lowest BCUT2D eigenvalue weighted by Gasteiger charge is -2.36. The van der Waals surface area contributed by atoms with Crippen molar-refractivity contribution in [1.29, 1.82) is 0 Å². The number of halogens is 10. The molecule has 29 heavy (non-hydrogen) atoms. The van der Waals surface area contributed by atoms with Gasteiger partial charge >= 0.3 is 36.1 Å². The highest BCUT2D eigenvalue weighted by atomic mass is 19.4. The predicted octanol–water partition coefficient (Wildman–Crippen LogP) is 3.97. The average Bonchev–Trinajstić information content (AvgIpc) is 2.54. The number of ether oxygens (including phenoxy) is 3. The van der Waals surface area contributed by atoms with Crippen molar-refractivity contribution in [2.75, 3.05) is 13.7 Å². The lowest BCUT2D eigenvalue weighted by Crippen LogP contribution is -2.64. The predicted molar refractivity (Wildman–Crippen MR) is 71.5 cm³/mol. The van der Waals surface area contributed by atoms with E-state index in [2.05, 4.69) is 14.2 Å². The molecule has 0 saturated carbocycles. The molecule has 0 bridgehead atoms. The topological polar surface area (TPSA) is 61.8 Å². The third kappa shape index (κ3) is 5.76. The molecule has 0 aliphatic carbocycles. The second-order valence-corrected chi connectivity index (χ2v) is 5.35. The van der Waals surface area contributed by atoms with Crippen LogP contribution in [0.2, 0.25) is 0 Å². The van der Waals surface area contributed by atoms with Crippen LogP contribution in [0.4, 0.5) is 43.9 Å². The lowest BCUT2D eigenvalue weighted by molar-refractivity contribution is -0.492. The van der Waals surface area contributed by atoms with Gasteiger partial charge in [-0.05, 0) is 6.42 Å². The Morgan fingerprint density at radius 1 is 0.897 bits per heavy atom. The molecule has 0 radical (unpaired) electrons. The second kappa shape index (κ2) is 8.79. The van der Waals surface area contributed by atoms with Gasteiger partial charge in [-0.25, -0.2) is 0 Å². The second-order valence-electron chi connectivity index (χ2n) is 5.35. The van der Waals surface area contributed by atoms with Crippen molar-refractivity contribution in [2.24, 2.45) is 0 Å². The van der Waals surface area contributed by atoms with Crippen LogP contribution in [0.1, 0.15) is 19.8 Å². The summed E-state index contributed by atoms with van der Waals surface area (Å²) in [7, 11) is -0.301. The normalized spacial score (nSPS) is 17.2. The molecule has 2 atom stereocenters. The van der Waals surface area contributed by atoms with Crippen molar-refractivity contribution in [2.45, 2.75) is 49.9 Å². The molecule has 0 spiro atoms. The van der Waals surface area contributed by atoms with Crippen molar-refractivity contribution < 1.29 is 67.7 Å². The molecular weight excluding hydrogens is 438 g/mol. The number of hydrogen-bond donors (Lipinski definition) is 0. The number of hydrogen-bond acceptors (Lipinski definition) is 5. The van der Waals surface area contributed by atoms with Crippen molar-refractivity contribution in [3.8, 4) is 0 Å². The fourth-order valence-electron chi connectivity index (χ4n) is 1.59. The number of carbonyl (C=O) groups is 2. The van der Waals surface area contributed by atoms with Crippen molar-refractivity contribution >= 4 is 11.8 Å². The minimum atomic E-state index is -6.68. The monoisotopic (exact) mass is 451 g/mol. The Kier molecular flexibility index (Phi) is 8.19. The molecule has 0 fully saturated rings. The highest BCUT2D eigenvalue weighted by Crippen LogP contribution is 2.50. The SMILES string of the molecule is [CH+]=C(C)C(=O)OCCCC(=O)C(F)(OC(F)(F)C(F)(OC)C(F)(F)F)C(F)(F)F. The molecule has 15 heteroatoms. The molecule has 0 N–H and O–H groups in total. The quantitative estimate of drug-likeness (QED) is 0.165. The van der Waals surface area contributed by atoms with Crippen LogP contribution in [-0.2, 0) is 23.8 Å². The van der Waals surface area contributed by atoms with E-state index in [1.54, 1.807) is 0 Å². The molecule has 168 valence electrons. The maximum Gasteiger partial charge on any atom is 0.487 e. The van der Waals surface area contributed by atoms with E-state index in [9.17, 15) is 53.5 Å². The number of ketones is 1. The van der Waals surface area contributed by atoms with Gasteiger partial charge in [-0.15, -0.1) is 4.79 Å². The number of rotatable bonds is 10. The fraction of sp³-hybridized carbons (Fsp3) is 0.714. The van der Waals surface area contributed by atoms with Crippen LogP contribution in [-0.4, -0.2) is 55.6 Å². The number of Topliss-reactive ketones (excluding diaryl/α,β-unsaturated/α-hetero) is 1. The molecule has 0 aromatic heterocycles. The van der Waals surface area contributed by atoms with Gasteiger partial charge in [0, 0.05) is 20.5 Å². The molecule has 0 aliphatic rings. The van der Waals surface area contributed by atoms with Gasteiger partial charge in [0.05, 0.1) is 6.58 Å². The largest absolute Gasteiger partial charge is 0.487 e. The average molecular weight is 451 g/mol. The van der Waals surface area contributed by atoms with Crippen molar-refractivity contribution in [3.05, 3.63) is 12.2 Å². The van der Waals surface area contributed by atoms with E-state index in [0.29, 0.717) is 0 Å². The van der Waals surface area contributed by atoms with Crippen molar-refractivity contribution in [3.63, 3.8) is 0 Å². The Morgan fingerprint density at radius 2 is 1.38 bits per heavy atom. The summed E-state index contributed by atoms with van der Waals surface area (Å²) >= 11 is 0. The van der Waals surface area contributed by atoms with Gasteiger partial charge in [-0.3, -0.25) is 9.53 Å². The van der Waals surface area contributed by atoms with Gasteiger partial charge in [0.1, 0.15) is 6.61 Å². The van der Waals surface area contributed by atoms with E-state index in [4.69, 9.17) is 6.58 Å². The highest BCUT2D eigenvalue weighted by molar-refractivity contribution is 5.87. The number of alkyl halides is 10. The zero-order valence-electron chi connectivity index (χ0n) is 14.5. The highest BCUT2D eigenvalue weighted by Gasteiger charge is 2.79. The van der Waals surface area contributed by atoms with E-state index in [0.717, 1.165) is 6.92 Å². The summed E-state index contributed by atoms with van der Waals surface area (Å²) in [6.45, 7) is 5.22. The zero-order valence-corrected chi connectivity index (χ0v) is 14.5. The van der Waals surface area contributed by atoms with Gasteiger partial charge in [0.2, 0.25) is 11.4 Å². The molecule has 2 unspecified atom stereocenters. The number of esters is 1. The van der Waals surface area contributed by atoms with E-state index in [-0.39, 0.29) is 7.11 Å². The molecule has 0 rings (SSSR count). The Morgan fingerprint density at radius 3 is 1.72 bits per heavy atom. The van der Waals surface area contributed by atoms with E-state index < -0.39 is 66.9 Å². The van der Waals surface area contributed by atoms with Crippen LogP contribution < -0.4 is 0 Å². The Labute approximate surface area is 156 Å². The first kappa shape index (κ1) is 27.0. The van der Waals surface area contributed by atoms with E-state index in [1.165, 1.54) is 0 Å². The first-order valence-electron chi connectivity index (χ1n) is 7.20. The summed E-state index contributed by atoms with van der Waals surface area (Å²) in [6, 6.07) is 0. The third-order valence-corrected chi connectivity index (χ3v) is 3.12. The Balaban J connectivity index is 5.61. The Bertz CT molecular complexity index is 629. The molecule has 0 aromatic carbocycles. The summed E-state index contributed by atoms with van der Waals surface area (Å²) in [6.07, 6.45) is -22.4. The molecule has 0 aromatic rings. The molecular formula is C14H13F10O5+. The minimum absolute atomic E-state index is 0.301. The standard InChI is InChI=1S/C14H13F10O5/c1-7(2)9(26)28-6-4-5-8(25)10(15,12(17,18)19)29-14(23,24)11(16,27-3)13(20,21)22/h1H,4-6H2,2-3H3/q+1. The van der Waals surface area contributed by atoms with Gasteiger partial charge < -0.3 is 9.47 Å². The molecule has 0 saturated heterocycles. The fourth-order valence-corrected chi connectivity index (χ4v) is 1.59. The minimum Gasteiger partial charge on any atom is -0.372 e. The summed E-state index contributed by atoms with van der Waals surface area (Å²) in [4.78, 5) is 22.4. The summed E-state index contributed by atoms with van der Waals surface area (Å²) in [5, 5.41) is 0.